The van der Waals surface area contributed by atoms with Crippen LogP contribution in [0.15, 0.2) is 0 Å². The van der Waals surface area contributed by atoms with E-state index < -0.39 is 0 Å². The van der Waals surface area contributed by atoms with E-state index in [0.29, 0.717) is 11.9 Å². The molecule has 0 N–H and O–H groups in total. The minimum Gasteiger partial charge on any atom is -0.378 e. The van der Waals surface area contributed by atoms with Crippen molar-refractivity contribution < 1.29 is 9.53 Å². The fourth-order valence-corrected chi connectivity index (χ4v) is 3.97. The molecule has 0 unspecified atom stereocenters. The van der Waals surface area contributed by atoms with E-state index in [1.54, 1.807) is 0 Å². The summed E-state index contributed by atoms with van der Waals surface area (Å²) in [5.41, 5.74) is 0.187. The van der Waals surface area contributed by atoms with Gasteiger partial charge in [-0.3, -0.25) is 9.69 Å². The molecule has 0 aromatic rings. The van der Waals surface area contributed by atoms with Crippen LogP contribution in [0.3, 0.4) is 0 Å². The number of hydrogen-bond donors (Lipinski definition) is 0. The summed E-state index contributed by atoms with van der Waals surface area (Å²) < 4.78 is 5.62. The minimum atomic E-state index is 0.0888. The highest BCUT2D eigenvalue weighted by atomic mass is 16.5. The van der Waals surface area contributed by atoms with Gasteiger partial charge in [-0.2, -0.15) is 0 Å². The van der Waals surface area contributed by atoms with Crippen molar-refractivity contribution in [1.82, 2.24) is 14.7 Å². The molecule has 3 heterocycles. The number of carbonyl (C=O) groups excluding carboxylic acids is 1. The van der Waals surface area contributed by atoms with Crippen molar-refractivity contribution in [2.45, 2.75) is 25.4 Å². The van der Waals surface area contributed by atoms with E-state index in [9.17, 15) is 4.79 Å². The second-order valence-corrected chi connectivity index (χ2v) is 6.69. The normalized spacial score (nSPS) is 31.4. The van der Waals surface area contributed by atoms with Crippen molar-refractivity contribution >= 4 is 5.91 Å². The third-order valence-electron chi connectivity index (χ3n) is 4.69. The summed E-state index contributed by atoms with van der Waals surface area (Å²) in [5.74, 6) is 0.380. The zero-order valence-electron chi connectivity index (χ0n) is 12.3. The largest absolute Gasteiger partial charge is 0.378 e. The molecule has 1 spiro atoms. The minimum absolute atomic E-state index is 0.0888. The number of nitrogens with zero attached hydrogens (tertiary/aromatic N) is 3. The number of morpholine rings is 1. The standard InChI is InChI=1S/C14H25N3O2/c1-11(2)13(18)16-6-12-7-19-5-4-17(12)14(10-16)8-15(3)9-14/h11-12H,4-10H2,1-3H3/t12-/m1/s1. The van der Waals surface area contributed by atoms with E-state index in [2.05, 4.69) is 21.7 Å². The van der Waals surface area contributed by atoms with Crippen LogP contribution in [0.4, 0.5) is 0 Å². The number of amides is 1. The Morgan fingerprint density at radius 3 is 2.68 bits per heavy atom. The summed E-state index contributed by atoms with van der Waals surface area (Å²) >= 11 is 0. The molecule has 1 atom stereocenters. The summed E-state index contributed by atoms with van der Waals surface area (Å²) in [7, 11) is 2.16. The lowest BCUT2D eigenvalue weighted by Crippen LogP contribution is -2.80. The average Bonchev–Trinajstić information content (AvgIpc) is 2.36. The maximum atomic E-state index is 12.3. The molecule has 3 rings (SSSR count). The second-order valence-electron chi connectivity index (χ2n) is 6.69. The first kappa shape index (κ1) is 13.3. The van der Waals surface area contributed by atoms with Crippen LogP contribution in [-0.4, -0.2) is 85.2 Å². The predicted octanol–water partition coefficient (Wildman–Crippen LogP) is -0.130. The molecule has 0 aromatic heterocycles. The van der Waals surface area contributed by atoms with Gasteiger partial charge in [-0.15, -0.1) is 0 Å². The Bertz CT molecular complexity index is 366. The van der Waals surface area contributed by atoms with E-state index in [4.69, 9.17) is 4.74 Å². The van der Waals surface area contributed by atoms with Gasteiger partial charge in [0.2, 0.25) is 5.91 Å². The summed E-state index contributed by atoms with van der Waals surface area (Å²) in [4.78, 5) is 19.4. The lowest BCUT2D eigenvalue weighted by Gasteiger charge is -2.63. The first-order chi connectivity index (χ1) is 9.02. The SMILES string of the molecule is CC(C)C(=O)N1C[C@@H]2COCCN2C2(CN(C)C2)C1. The van der Waals surface area contributed by atoms with Crippen molar-refractivity contribution in [3.05, 3.63) is 0 Å². The molecule has 19 heavy (non-hydrogen) atoms. The monoisotopic (exact) mass is 267 g/mol. The van der Waals surface area contributed by atoms with Crippen LogP contribution in [0, 0.1) is 5.92 Å². The predicted molar refractivity (Wildman–Crippen MR) is 73.0 cm³/mol. The van der Waals surface area contributed by atoms with Gasteiger partial charge < -0.3 is 14.5 Å². The fraction of sp³-hybridized carbons (Fsp3) is 0.929. The highest BCUT2D eigenvalue weighted by Crippen LogP contribution is 2.35. The van der Waals surface area contributed by atoms with Crippen molar-refractivity contribution in [3.8, 4) is 0 Å². The summed E-state index contributed by atoms with van der Waals surface area (Å²) in [6.07, 6.45) is 0. The van der Waals surface area contributed by atoms with E-state index >= 15 is 0 Å². The number of rotatable bonds is 1. The molecule has 0 bridgehead atoms. The third kappa shape index (κ3) is 2.18. The number of fused-ring (bicyclic) bond motifs is 2. The molecule has 1 amide bonds. The Kier molecular flexibility index (Phi) is 3.31. The quantitative estimate of drug-likeness (QED) is 0.663. The Hall–Kier alpha value is -0.650. The molecule has 3 fully saturated rings. The van der Waals surface area contributed by atoms with Crippen molar-refractivity contribution in [1.29, 1.82) is 0 Å². The van der Waals surface area contributed by atoms with Crippen LogP contribution in [0.5, 0.6) is 0 Å². The van der Waals surface area contributed by atoms with Crippen LogP contribution in [0.1, 0.15) is 13.8 Å². The molecule has 5 heteroatoms. The van der Waals surface area contributed by atoms with E-state index in [-0.39, 0.29) is 11.5 Å². The lowest BCUT2D eigenvalue weighted by molar-refractivity contribution is -0.173. The first-order valence-electron chi connectivity index (χ1n) is 7.34. The molecule has 0 saturated carbocycles. The van der Waals surface area contributed by atoms with E-state index in [1.807, 2.05) is 13.8 Å². The van der Waals surface area contributed by atoms with E-state index in [1.165, 1.54) is 0 Å². The van der Waals surface area contributed by atoms with Gasteiger partial charge in [0.15, 0.2) is 0 Å². The fourth-order valence-electron chi connectivity index (χ4n) is 3.97. The summed E-state index contributed by atoms with van der Waals surface area (Å²) in [5, 5.41) is 0. The van der Waals surface area contributed by atoms with Gasteiger partial charge in [0.25, 0.3) is 0 Å². The van der Waals surface area contributed by atoms with Crippen LogP contribution in [0.25, 0.3) is 0 Å². The maximum Gasteiger partial charge on any atom is 0.225 e. The number of likely N-dealkylation sites (tertiary alicyclic amines) is 1. The molecule has 0 aromatic carbocycles. The summed E-state index contributed by atoms with van der Waals surface area (Å²) in [6, 6.07) is 0.388. The zero-order valence-corrected chi connectivity index (χ0v) is 12.3. The summed E-state index contributed by atoms with van der Waals surface area (Å²) in [6.45, 7) is 10.5. The lowest BCUT2D eigenvalue weighted by atomic mass is 9.82. The Balaban J connectivity index is 1.80. The second kappa shape index (κ2) is 4.72. The van der Waals surface area contributed by atoms with Crippen molar-refractivity contribution in [3.63, 3.8) is 0 Å². The van der Waals surface area contributed by atoms with Gasteiger partial charge in [0, 0.05) is 38.6 Å². The smallest absolute Gasteiger partial charge is 0.225 e. The van der Waals surface area contributed by atoms with Crippen LogP contribution in [0.2, 0.25) is 0 Å². The number of ether oxygens (including phenoxy) is 1. The molecular formula is C14H25N3O2. The molecule has 108 valence electrons. The number of likely N-dealkylation sites (N-methyl/N-ethyl adjacent to an activating group) is 1. The molecule has 3 saturated heterocycles. The van der Waals surface area contributed by atoms with Gasteiger partial charge in [0.05, 0.1) is 24.8 Å². The van der Waals surface area contributed by atoms with Gasteiger partial charge in [-0.25, -0.2) is 0 Å². The van der Waals surface area contributed by atoms with Crippen molar-refractivity contribution in [2.75, 3.05) is 53.0 Å². The Morgan fingerprint density at radius 2 is 2.05 bits per heavy atom. The number of piperazine rings is 1. The molecular weight excluding hydrogens is 242 g/mol. The third-order valence-corrected chi connectivity index (χ3v) is 4.69. The highest BCUT2D eigenvalue weighted by molar-refractivity contribution is 5.78. The molecule has 0 aliphatic carbocycles. The van der Waals surface area contributed by atoms with Crippen LogP contribution in [-0.2, 0) is 9.53 Å². The Morgan fingerprint density at radius 1 is 1.32 bits per heavy atom. The van der Waals surface area contributed by atoms with Crippen LogP contribution < -0.4 is 0 Å². The van der Waals surface area contributed by atoms with E-state index in [0.717, 1.165) is 45.9 Å². The van der Waals surface area contributed by atoms with Gasteiger partial charge in [-0.05, 0) is 7.05 Å². The average molecular weight is 267 g/mol. The molecule has 3 aliphatic rings. The van der Waals surface area contributed by atoms with Gasteiger partial charge in [0.1, 0.15) is 0 Å². The number of hydrogen-bond acceptors (Lipinski definition) is 4. The molecule has 3 aliphatic heterocycles. The highest BCUT2D eigenvalue weighted by Gasteiger charge is 2.53. The Labute approximate surface area is 115 Å². The van der Waals surface area contributed by atoms with Crippen molar-refractivity contribution in [2.24, 2.45) is 5.92 Å². The van der Waals surface area contributed by atoms with Crippen LogP contribution >= 0.6 is 0 Å². The van der Waals surface area contributed by atoms with Gasteiger partial charge in [-0.1, -0.05) is 13.8 Å². The number of carbonyl (C=O) groups is 1. The topological polar surface area (TPSA) is 36.0 Å². The molecule has 5 nitrogen and oxygen atoms in total. The maximum absolute atomic E-state index is 12.3. The first-order valence-corrected chi connectivity index (χ1v) is 7.34. The van der Waals surface area contributed by atoms with Gasteiger partial charge >= 0.3 is 0 Å². The molecule has 0 radical (unpaired) electrons. The zero-order chi connectivity index (χ0) is 13.6.